The van der Waals surface area contributed by atoms with Crippen LogP contribution in [0.5, 0.6) is 0 Å². The lowest BCUT2D eigenvalue weighted by atomic mass is 10.0. The highest BCUT2D eigenvalue weighted by Crippen LogP contribution is 2.28. The van der Waals surface area contributed by atoms with Crippen LogP contribution in [0.2, 0.25) is 0 Å². The quantitative estimate of drug-likeness (QED) is 0.698. The lowest BCUT2D eigenvalue weighted by Crippen LogP contribution is -2.42. The summed E-state index contributed by atoms with van der Waals surface area (Å²) >= 11 is 0. The number of aromatic nitrogens is 5. The molecule has 4 heterocycles. The van der Waals surface area contributed by atoms with Gasteiger partial charge in [-0.3, -0.25) is 9.20 Å². The lowest BCUT2D eigenvalue weighted by molar-refractivity contribution is 0.0184. The summed E-state index contributed by atoms with van der Waals surface area (Å²) in [6, 6.07) is 3.67. The molecular formula is C21H28N6O3. The van der Waals surface area contributed by atoms with Crippen molar-refractivity contribution in [3.05, 3.63) is 40.1 Å². The van der Waals surface area contributed by atoms with Crippen molar-refractivity contribution in [1.82, 2.24) is 29.3 Å². The molecule has 3 aromatic rings. The van der Waals surface area contributed by atoms with Gasteiger partial charge in [0.15, 0.2) is 0 Å². The summed E-state index contributed by atoms with van der Waals surface area (Å²) < 4.78 is 9.02. The lowest BCUT2D eigenvalue weighted by Gasteiger charge is -2.33. The minimum Gasteiger partial charge on any atom is -0.444 e. The number of ether oxygens (including phenoxy) is 1. The Morgan fingerprint density at radius 3 is 2.57 bits per heavy atom. The first-order valence-electron chi connectivity index (χ1n) is 10.2. The number of H-pyrrole nitrogens is 1. The van der Waals surface area contributed by atoms with Gasteiger partial charge >= 0.3 is 6.09 Å². The number of aryl methyl sites for hydroxylation is 1. The Bertz CT molecular complexity index is 1140. The Kier molecular flexibility index (Phi) is 4.91. The second kappa shape index (κ2) is 7.30. The number of nitrogens with zero attached hydrogens (tertiary/aromatic N) is 5. The first-order chi connectivity index (χ1) is 14.1. The maximum absolute atomic E-state index is 12.5. The summed E-state index contributed by atoms with van der Waals surface area (Å²) in [6.45, 7) is 10.7. The fraction of sp³-hybridized carbons (Fsp3) is 0.524. The molecule has 1 aliphatic heterocycles. The summed E-state index contributed by atoms with van der Waals surface area (Å²) in [4.78, 5) is 29.7. The van der Waals surface area contributed by atoms with Gasteiger partial charge in [-0.25, -0.2) is 9.48 Å². The van der Waals surface area contributed by atoms with Crippen LogP contribution in [0.15, 0.2) is 23.1 Å². The fourth-order valence-electron chi connectivity index (χ4n) is 3.99. The van der Waals surface area contributed by atoms with Crippen LogP contribution in [-0.4, -0.2) is 54.1 Å². The number of carbonyl (C=O) groups is 1. The number of nitrogens with one attached hydrogen (secondary N) is 1. The Labute approximate surface area is 174 Å². The molecule has 0 bridgehead atoms. The van der Waals surface area contributed by atoms with E-state index in [0.29, 0.717) is 18.8 Å². The number of pyridine rings is 1. The van der Waals surface area contributed by atoms with Crippen LogP contribution in [0.4, 0.5) is 4.79 Å². The summed E-state index contributed by atoms with van der Waals surface area (Å²) in [7, 11) is 0. The van der Waals surface area contributed by atoms with Crippen LogP contribution < -0.4 is 5.56 Å². The van der Waals surface area contributed by atoms with Gasteiger partial charge in [0.1, 0.15) is 16.9 Å². The largest absolute Gasteiger partial charge is 0.444 e. The SMILES string of the molecule is Cc1c(-c2cc(=O)n3c(C)c[nH]c3c2)nnn1C1CCN(C(=O)OC(C)(C)C)CC1. The molecule has 0 radical (unpaired) electrons. The molecule has 0 aromatic carbocycles. The minimum atomic E-state index is -0.497. The second-order valence-electron chi connectivity index (χ2n) is 8.90. The number of aromatic amines is 1. The van der Waals surface area contributed by atoms with Gasteiger partial charge in [0.05, 0.1) is 11.7 Å². The van der Waals surface area contributed by atoms with Crippen molar-refractivity contribution in [2.75, 3.05) is 13.1 Å². The van der Waals surface area contributed by atoms with Crippen LogP contribution in [0.3, 0.4) is 0 Å². The Balaban J connectivity index is 1.52. The molecule has 9 heteroatoms. The van der Waals surface area contributed by atoms with E-state index in [9.17, 15) is 9.59 Å². The van der Waals surface area contributed by atoms with Gasteiger partial charge in [-0.05, 0) is 53.5 Å². The summed E-state index contributed by atoms with van der Waals surface area (Å²) in [5.41, 5.74) is 3.36. The van der Waals surface area contributed by atoms with Gasteiger partial charge in [-0.2, -0.15) is 0 Å². The van der Waals surface area contributed by atoms with Crippen molar-refractivity contribution in [2.45, 2.75) is 59.1 Å². The van der Waals surface area contributed by atoms with E-state index in [-0.39, 0.29) is 17.7 Å². The van der Waals surface area contributed by atoms with Crippen LogP contribution in [-0.2, 0) is 4.74 Å². The molecule has 0 saturated carbocycles. The maximum Gasteiger partial charge on any atom is 0.410 e. The van der Waals surface area contributed by atoms with E-state index in [1.165, 1.54) is 0 Å². The average molecular weight is 412 g/mol. The molecule has 0 aliphatic carbocycles. The number of imidazole rings is 1. The number of amides is 1. The highest BCUT2D eigenvalue weighted by molar-refractivity contribution is 5.68. The summed E-state index contributed by atoms with van der Waals surface area (Å²) in [5, 5.41) is 8.74. The Hall–Kier alpha value is -3.10. The van der Waals surface area contributed by atoms with Gasteiger partial charge in [-0.1, -0.05) is 5.21 Å². The molecule has 1 amide bonds. The molecular weight excluding hydrogens is 384 g/mol. The molecule has 160 valence electrons. The van der Waals surface area contributed by atoms with Gasteiger partial charge in [0.25, 0.3) is 5.56 Å². The predicted octanol–water partition coefficient (Wildman–Crippen LogP) is 3.07. The monoisotopic (exact) mass is 412 g/mol. The predicted molar refractivity (Wildman–Crippen MR) is 113 cm³/mol. The van der Waals surface area contributed by atoms with Crippen molar-refractivity contribution < 1.29 is 9.53 Å². The van der Waals surface area contributed by atoms with Gasteiger partial charge in [-0.15, -0.1) is 5.10 Å². The molecule has 1 saturated heterocycles. The molecule has 0 spiro atoms. The third-order valence-electron chi connectivity index (χ3n) is 5.48. The molecule has 0 atom stereocenters. The zero-order chi connectivity index (χ0) is 21.6. The van der Waals surface area contributed by atoms with Crippen molar-refractivity contribution in [3.63, 3.8) is 0 Å². The maximum atomic E-state index is 12.5. The number of likely N-dealkylation sites (tertiary alicyclic amines) is 1. The van der Waals surface area contributed by atoms with Gasteiger partial charge < -0.3 is 14.6 Å². The van der Waals surface area contributed by atoms with Gasteiger partial charge in [0, 0.05) is 36.6 Å². The third kappa shape index (κ3) is 3.71. The molecule has 1 fully saturated rings. The molecule has 9 nitrogen and oxygen atoms in total. The minimum absolute atomic E-state index is 0.0964. The van der Waals surface area contributed by atoms with E-state index in [4.69, 9.17) is 4.74 Å². The first-order valence-corrected chi connectivity index (χ1v) is 10.2. The molecule has 0 unspecified atom stereocenters. The van der Waals surface area contributed by atoms with E-state index in [1.54, 1.807) is 15.4 Å². The van der Waals surface area contributed by atoms with Gasteiger partial charge in [0.2, 0.25) is 0 Å². The number of rotatable bonds is 2. The Morgan fingerprint density at radius 2 is 1.90 bits per heavy atom. The number of hydrogen-bond acceptors (Lipinski definition) is 5. The molecule has 4 rings (SSSR count). The normalized spacial score (nSPS) is 15.7. The zero-order valence-corrected chi connectivity index (χ0v) is 18.1. The van der Waals surface area contributed by atoms with E-state index < -0.39 is 5.60 Å². The van der Waals surface area contributed by atoms with Crippen molar-refractivity contribution in [3.8, 4) is 11.3 Å². The molecule has 30 heavy (non-hydrogen) atoms. The van der Waals surface area contributed by atoms with Crippen molar-refractivity contribution in [2.24, 2.45) is 0 Å². The fourth-order valence-corrected chi connectivity index (χ4v) is 3.99. The topological polar surface area (TPSA) is 97.5 Å². The number of carbonyl (C=O) groups excluding carboxylic acids is 1. The highest BCUT2D eigenvalue weighted by Gasteiger charge is 2.29. The molecule has 1 N–H and O–H groups in total. The summed E-state index contributed by atoms with van der Waals surface area (Å²) in [5.74, 6) is 0. The van der Waals surface area contributed by atoms with E-state index in [1.807, 2.05) is 51.6 Å². The van der Waals surface area contributed by atoms with Crippen LogP contribution in [0.1, 0.15) is 51.0 Å². The van der Waals surface area contributed by atoms with E-state index >= 15 is 0 Å². The van der Waals surface area contributed by atoms with Crippen molar-refractivity contribution in [1.29, 1.82) is 0 Å². The second-order valence-corrected chi connectivity index (χ2v) is 8.90. The van der Waals surface area contributed by atoms with Crippen LogP contribution in [0, 0.1) is 13.8 Å². The van der Waals surface area contributed by atoms with Crippen molar-refractivity contribution >= 4 is 11.7 Å². The third-order valence-corrected chi connectivity index (χ3v) is 5.48. The Morgan fingerprint density at radius 1 is 1.20 bits per heavy atom. The number of hydrogen-bond donors (Lipinski definition) is 1. The number of fused-ring (bicyclic) bond motifs is 1. The van der Waals surface area contributed by atoms with E-state index in [2.05, 4.69) is 15.3 Å². The number of piperidine rings is 1. The zero-order valence-electron chi connectivity index (χ0n) is 18.1. The van der Waals surface area contributed by atoms with Crippen LogP contribution in [0.25, 0.3) is 16.9 Å². The first kappa shape index (κ1) is 20.2. The van der Waals surface area contributed by atoms with Crippen LogP contribution >= 0.6 is 0 Å². The molecule has 3 aromatic heterocycles. The van der Waals surface area contributed by atoms with E-state index in [0.717, 1.165) is 35.4 Å². The molecule has 1 aliphatic rings. The standard InChI is InChI=1S/C21H28N6O3/c1-13-12-22-17-10-15(11-18(28)26(13)17)19-14(2)27(24-23-19)16-6-8-25(9-7-16)20(29)30-21(3,4)5/h10-12,16,22H,6-9H2,1-5H3. The summed E-state index contributed by atoms with van der Waals surface area (Å²) in [6.07, 6.45) is 3.09. The highest BCUT2D eigenvalue weighted by atomic mass is 16.6. The average Bonchev–Trinajstić information content (AvgIpc) is 3.23. The smallest absolute Gasteiger partial charge is 0.410 e.